The summed E-state index contributed by atoms with van der Waals surface area (Å²) in [5, 5.41) is 3.58. The van der Waals surface area contributed by atoms with E-state index < -0.39 is 0 Å². The van der Waals surface area contributed by atoms with Crippen molar-refractivity contribution in [2.75, 3.05) is 13.8 Å². The maximum Gasteiger partial charge on any atom is 0.231 e. The average Bonchev–Trinajstić information content (AvgIpc) is 3.35. The summed E-state index contributed by atoms with van der Waals surface area (Å²) in [6.07, 6.45) is 1.82. The molecule has 1 aliphatic heterocycles. The van der Waals surface area contributed by atoms with Crippen LogP contribution in [0.4, 0.5) is 0 Å². The first-order valence-corrected chi connectivity index (χ1v) is 9.44. The summed E-state index contributed by atoms with van der Waals surface area (Å²) in [6, 6.07) is 3.74. The standard InChI is InChI=1S/C18H18ClN3O3S/c1-10(18-20-4-5-26-18)22(3)8-14-11(2)25-17(21-14)12-6-15-16(7-13(12)19)24-9-23-15/h4-7,10H,8-9H2,1-3H3/t10-/m0/s1. The Morgan fingerprint density at radius 3 is 2.81 bits per heavy atom. The minimum absolute atomic E-state index is 0.198. The zero-order chi connectivity index (χ0) is 18.3. The number of oxazole rings is 1. The largest absolute Gasteiger partial charge is 0.454 e. The lowest BCUT2D eigenvalue weighted by atomic mass is 10.2. The van der Waals surface area contributed by atoms with Gasteiger partial charge in [-0.15, -0.1) is 11.3 Å². The molecular formula is C18H18ClN3O3S. The van der Waals surface area contributed by atoms with Crippen molar-refractivity contribution in [3.8, 4) is 23.0 Å². The molecular weight excluding hydrogens is 374 g/mol. The molecule has 0 radical (unpaired) electrons. The van der Waals surface area contributed by atoms with Crippen LogP contribution in [0.2, 0.25) is 5.02 Å². The van der Waals surface area contributed by atoms with Gasteiger partial charge in [-0.2, -0.15) is 0 Å². The Labute approximate surface area is 160 Å². The molecule has 1 aliphatic rings. The van der Waals surface area contributed by atoms with Crippen LogP contribution in [0.3, 0.4) is 0 Å². The van der Waals surface area contributed by atoms with Crippen LogP contribution in [0.1, 0.15) is 29.4 Å². The zero-order valence-corrected chi connectivity index (χ0v) is 16.2. The number of fused-ring (bicyclic) bond motifs is 1. The second-order valence-corrected chi connectivity index (χ2v) is 7.50. The van der Waals surface area contributed by atoms with E-state index in [0.717, 1.165) is 16.5 Å². The minimum atomic E-state index is 0.198. The van der Waals surface area contributed by atoms with Crippen LogP contribution in [0.25, 0.3) is 11.5 Å². The van der Waals surface area contributed by atoms with Crippen LogP contribution in [0, 0.1) is 6.92 Å². The molecule has 0 fully saturated rings. The van der Waals surface area contributed by atoms with E-state index in [2.05, 4.69) is 21.8 Å². The Bertz CT molecular complexity index is 926. The van der Waals surface area contributed by atoms with Gasteiger partial charge in [-0.25, -0.2) is 9.97 Å². The first kappa shape index (κ1) is 17.3. The van der Waals surface area contributed by atoms with Gasteiger partial charge in [0.25, 0.3) is 0 Å². The van der Waals surface area contributed by atoms with E-state index in [1.807, 2.05) is 31.6 Å². The Kier molecular flexibility index (Phi) is 4.60. The fraction of sp³-hybridized carbons (Fsp3) is 0.333. The lowest BCUT2D eigenvalue weighted by Gasteiger charge is -2.21. The summed E-state index contributed by atoms with van der Waals surface area (Å²) in [7, 11) is 2.05. The second-order valence-electron chi connectivity index (χ2n) is 6.17. The van der Waals surface area contributed by atoms with E-state index >= 15 is 0 Å². The number of ether oxygens (including phenoxy) is 2. The lowest BCUT2D eigenvalue weighted by Crippen LogP contribution is -2.22. The van der Waals surface area contributed by atoms with Crippen LogP contribution in [-0.4, -0.2) is 28.7 Å². The van der Waals surface area contributed by atoms with Crippen molar-refractivity contribution in [2.45, 2.75) is 26.4 Å². The van der Waals surface area contributed by atoms with Gasteiger partial charge >= 0.3 is 0 Å². The molecule has 4 rings (SSSR count). The van der Waals surface area contributed by atoms with E-state index in [1.54, 1.807) is 17.4 Å². The summed E-state index contributed by atoms with van der Waals surface area (Å²) >= 11 is 8.02. The van der Waals surface area contributed by atoms with Gasteiger partial charge < -0.3 is 13.9 Å². The highest BCUT2D eigenvalue weighted by molar-refractivity contribution is 7.09. The van der Waals surface area contributed by atoms with Gasteiger partial charge in [0, 0.05) is 24.2 Å². The van der Waals surface area contributed by atoms with Gasteiger partial charge in [0.15, 0.2) is 11.5 Å². The molecule has 0 aliphatic carbocycles. The topological polar surface area (TPSA) is 60.6 Å². The van der Waals surface area contributed by atoms with Crippen molar-refractivity contribution >= 4 is 22.9 Å². The fourth-order valence-electron chi connectivity index (χ4n) is 2.77. The Morgan fingerprint density at radius 1 is 1.31 bits per heavy atom. The molecule has 0 saturated heterocycles. The number of aromatic nitrogens is 2. The van der Waals surface area contributed by atoms with Gasteiger partial charge in [0.1, 0.15) is 10.8 Å². The number of nitrogens with zero attached hydrogens (tertiary/aromatic N) is 3. The predicted molar refractivity (Wildman–Crippen MR) is 99.8 cm³/mol. The van der Waals surface area contributed by atoms with Gasteiger partial charge in [-0.05, 0) is 27.0 Å². The van der Waals surface area contributed by atoms with E-state index in [-0.39, 0.29) is 12.8 Å². The predicted octanol–water partition coefficient (Wildman–Crippen LogP) is 4.68. The molecule has 0 unspecified atom stereocenters. The van der Waals surface area contributed by atoms with Gasteiger partial charge in [-0.1, -0.05) is 11.6 Å². The Hall–Kier alpha value is -2.09. The maximum absolute atomic E-state index is 6.37. The Morgan fingerprint density at radius 2 is 2.08 bits per heavy atom. The average molecular weight is 392 g/mol. The van der Waals surface area contributed by atoms with Crippen LogP contribution >= 0.6 is 22.9 Å². The highest BCUT2D eigenvalue weighted by Crippen LogP contribution is 2.41. The highest BCUT2D eigenvalue weighted by Gasteiger charge is 2.22. The van der Waals surface area contributed by atoms with Crippen LogP contribution in [0.15, 0.2) is 28.1 Å². The first-order chi connectivity index (χ1) is 12.5. The zero-order valence-electron chi connectivity index (χ0n) is 14.7. The molecule has 0 spiro atoms. The molecule has 26 heavy (non-hydrogen) atoms. The van der Waals surface area contributed by atoms with Crippen molar-refractivity contribution in [1.82, 2.24) is 14.9 Å². The molecule has 1 aromatic carbocycles. The van der Waals surface area contributed by atoms with Crippen LogP contribution in [0.5, 0.6) is 11.5 Å². The van der Waals surface area contributed by atoms with E-state index in [1.165, 1.54) is 0 Å². The van der Waals surface area contributed by atoms with E-state index in [0.29, 0.717) is 34.5 Å². The molecule has 0 bridgehead atoms. The molecule has 2 aromatic heterocycles. The third-order valence-electron chi connectivity index (χ3n) is 4.45. The van der Waals surface area contributed by atoms with Crippen molar-refractivity contribution < 1.29 is 13.9 Å². The van der Waals surface area contributed by atoms with Gasteiger partial charge in [0.2, 0.25) is 12.7 Å². The summed E-state index contributed by atoms with van der Waals surface area (Å²) in [5.74, 6) is 2.54. The van der Waals surface area contributed by atoms with Crippen LogP contribution < -0.4 is 9.47 Å². The maximum atomic E-state index is 6.37. The van der Waals surface area contributed by atoms with Crippen molar-refractivity contribution in [1.29, 1.82) is 0 Å². The molecule has 0 N–H and O–H groups in total. The smallest absolute Gasteiger partial charge is 0.231 e. The molecule has 0 saturated carbocycles. The summed E-state index contributed by atoms with van der Waals surface area (Å²) < 4.78 is 16.7. The van der Waals surface area contributed by atoms with Gasteiger partial charge in [-0.3, -0.25) is 4.90 Å². The van der Waals surface area contributed by atoms with E-state index in [4.69, 9.17) is 25.5 Å². The number of benzene rings is 1. The van der Waals surface area contributed by atoms with Crippen molar-refractivity contribution in [3.63, 3.8) is 0 Å². The first-order valence-electron chi connectivity index (χ1n) is 8.18. The lowest BCUT2D eigenvalue weighted by molar-refractivity contribution is 0.174. The molecule has 1 atom stereocenters. The number of halogens is 1. The number of hydrogen-bond acceptors (Lipinski definition) is 7. The minimum Gasteiger partial charge on any atom is -0.454 e. The second kappa shape index (κ2) is 6.90. The number of aryl methyl sites for hydroxylation is 1. The SMILES string of the molecule is Cc1oc(-c2cc3c(cc2Cl)OCO3)nc1CN(C)[C@@H](C)c1nccs1. The molecule has 6 nitrogen and oxygen atoms in total. The quantitative estimate of drug-likeness (QED) is 0.629. The number of thiazole rings is 1. The Balaban J connectivity index is 1.58. The normalized spacial score (nSPS) is 14.2. The molecule has 136 valence electrons. The molecule has 3 aromatic rings. The van der Waals surface area contributed by atoms with Crippen molar-refractivity contribution in [3.05, 3.63) is 45.2 Å². The summed E-state index contributed by atoms with van der Waals surface area (Å²) in [5.41, 5.74) is 1.57. The third kappa shape index (κ3) is 3.18. The molecule has 0 amide bonds. The third-order valence-corrected chi connectivity index (χ3v) is 5.71. The van der Waals surface area contributed by atoms with E-state index in [9.17, 15) is 0 Å². The molecule has 3 heterocycles. The monoisotopic (exact) mass is 391 g/mol. The highest BCUT2D eigenvalue weighted by atomic mass is 35.5. The number of rotatable bonds is 5. The van der Waals surface area contributed by atoms with Crippen LogP contribution in [-0.2, 0) is 6.54 Å². The number of hydrogen-bond donors (Lipinski definition) is 0. The summed E-state index contributed by atoms with van der Waals surface area (Å²) in [6.45, 7) is 4.89. The fourth-order valence-corrected chi connectivity index (χ4v) is 3.77. The molecule has 8 heteroatoms. The van der Waals surface area contributed by atoms with Gasteiger partial charge in [0.05, 0.1) is 22.3 Å². The summed E-state index contributed by atoms with van der Waals surface area (Å²) in [4.78, 5) is 11.2. The van der Waals surface area contributed by atoms with Crippen molar-refractivity contribution in [2.24, 2.45) is 0 Å².